The molecule has 9 atom stereocenters. The van der Waals surface area contributed by atoms with Crippen LogP contribution in [0.2, 0.25) is 0 Å². The Morgan fingerprint density at radius 3 is 2.48 bits per heavy atom. The van der Waals surface area contributed by atoms with Gasteiger partial charge in [0.25, 0.3) is 0 Å². The van der Waals surface area contributed by atoms with E-state index in [1.54, 1.807) is 6.92 Å². The van der Waals surface area contributed by atoms with Crippen LogP contribution in [0.3, 0.4) is 0 Å². The topological polar surface area (TPSA) is 26.3 Å². The van der Waals surface area contributed by atoms with Gasteiger partial charge in [0.1, 0.15) is 6.10 Å². The smallest absolute Gasteiger partial charge is 0.302 e. The van der Waals surface area contributed by atoms with Crippen molar-refractivity contribution in [2.24, 2.45) is 51.2 Å². The third kappa shape index (κ3) is 3.35. The van der Waals surface area contributed by atoms with E-state index in [9.17, 15) is 4.79 Å². The van der Waals surface area contributed by atoms with E-state index in [0.717, 1.165) is 42.4 Å². The normalized spacial score (nSPS) is 47.5. The molecule has 5 aliphatic carbocycles. The summed E-state index contributed by atoms with van der Waals surface area (Å²) in [5, 5.41) is 0. The Morgan fingerprint density at radius 1 is 1.03 bits per heavy atom. The van der Waals surface area contributed by atoms with Crippen LogP contribution >= 0.6 is 0 Å². The van der Waals surface area contributed by atoms with E-state index < -0.39 is 0 Å². The summed E-state index contributed by atoms with van der Waals surface area (Å²) in [7, 11) is 0. The molecule has 0 aromatic carbocycles. The highest BCUT2D eigenvalue weighted by molar-refractivity contribution is 5.66. The highest BCUT2D eigenvalue weighted by Crippen LogP contribution is 2.83. The number of allylic oxidation sites excluding steroid dienone is 2. The maximum Gasteiger partial charge on any atom is 0.302 e. The summed E-state index contributed by atoms with van der Waals surface area (Å²) < 4.78 is 5.71. The minimum absolute atomic E-state index is 0.0905. The van der Waals surface area contributed by atoms with Crippen LogP contribution in [0.1, 0.15) is 119 Å². The van der Waals surface area contributed by atoms with E-state index in [1.165, 1.54) is 57.8 Å². The fraction of sp³-hybridized carbons (Fsp3) is 0.903. The van der Waals surface area contributed by atoms with Crippen LogP contribution < -0.4 is 0 Å². The molecule has 0 spiro atoms. The van der Waals surface area contributed by atoms with E-state index in [2.05, 4.69) is 47.6 Å². The predicted octanol–water partition coefficient (Wildman–Crippen LogP) is 8.35. The summed E-state index contributed by atoms with van der Waals surface area (Å²) in [5.41, 5.74) is 3.72. The fourth-order valence-electron chi connectivity index (χ4n) is 10.1. The summed E-state index contributed by atoms with van der Waals surface area (Å²) in [4.78, 5) is 11.6. The van der Waals surface area contributed by atoms with Gasteiger partial charge in [-0.05, 0) is 109 Å². The molecule has 4 saturated carbocycles. The lowest BCUT2D eigenvalue weighted by Gasteiger charge is -2.58. The molecule has 0 amide bonds. The fourth-order valence-corrected chi connectivity index (χ4v) is 10.1. The van der Waals surface area contributed by atoms with Gasteiger partial charge in [-0.1, -0.05) is 66.0 Å². The van der Waals surface area contributed by atoms with Gasteiger partial charge in [-0.15, -0.1) is 0 Å². The van der Waals surface area contributed by atoms with Crippen molar-refractivity contribution in [3.8, 4) is 0 Å². The third-order valence-corrected chi connectivity index (χ3v) is 12.7. The molecule has 5 rings (SSSR count). The van der Waals surface area contributed by atoms with Crippen molar-refractivity contribution in [1.82, 2.24) is 0 Å². The van der Waals surface area contributed by atoms with Crippen LogP contribution in [0.25, 0.3) is 0 Å². The maximum absolute atomic E-state index is 11.6. The Labute approximate surface area is 203 Å². The molecule has 2 heteroatoms. The third-order valence-electron chi connectivity index (χ3n) is 12.7. The van der Waals surface area contributed by atoms with Crippen molar-refractivity contribution in [2.75, 3.05) is 0 Å². The average molecular weight is 455 g/mol. The number of ether oxygens (including phenoxy) is 1. The standard InChI is InChI=1S/C31H50O2/c1-20(2)21(3)8-9-22(4)25-11-14-29(7)26-13-16-30-18-24(33-23(5)32)10-17-31(30,19-30)27(26)12-15-28(25,29)6/h12,20-22,24-26H,8-11,13-19H2,1-7H3/t21-,22+,24-,25+,26+,28+,29-,30+,31-/m0/s1. The second-order valence-electron chi connectivity index (χ2n) is 14.2. The number of carbonyl (C=O) groups excluding carboxylic acids is 1. The average Bonchev–Trinajstić information content (AvgIpc) is 3.35. The maximum atomic E-state index is 11.6. The molecule has 0 saturated heterocycles. The number of fused-ring (bicyclic) bond motifs is 3. The van der Waals surface area contributed by atoms with Gasteiger partial charge >= 0.3 is 5.97 Å². The number of esters is 1. The predicted molar refractivity (Wildman–Crippen MR) is 136 cm³/mol. The zero-order chi connectivity index (χ0) is 23.8. The van der Waals surface area contributed by atoms with E-state index in [-0.39, 0.29) is 12.1 Å². The Bertz CT molecular complexity index is 827. The molecule has 0 aromatic heterocycles. The molecule has 0 bridgehead atoms. The molecule has 0 aromatic rings. The van der Waals surface area contributed by atoms with Gasteiger partial charge in [0, 0.05) is 6.92 Å². The zero-order valence-electron chi connectivity index (χ0n) is 22.6. The summed E-state index contributed by atoms with van der Waals surface area (Å²) in [5.74, 6) is 4.07. The molecule has 0 unspecified atom stereocenters. The van der Waals surface area contributed by atoms with Crippen LogP contribution in [0.5, 0.6) is 0 Å². The number of carbonyl (C=O) groups is 1. The Hall–Kier alpha value is -0.790. The Balaban J connectivity index is 1.35. The first-order valence-corrected chi connectivity index (χ1v) is 14.4. The lowest BCUT2D eigenvalue weighted by molar-refractivity contribution is -0.149. The molecule has 2 nitrogen and oxygen atoms in total. The molecule has 186 valence electrons. The second kappa shape index (κ2) is 7.86. The molecule has 0 radical (unpaired) electrons. The van der Waals surface area contributed by atoms with Crippen LogP contribution in [-0.4, -0.2) is 12.1 Å². The first-order valence-electron chi connectivity index (χ1n) is 14.4. The summed E-state index contributed by atoms with van der Waals surface area (Å²) in [6, 6.07) is 0. The highest BCUT2D eigenvalue weighted by Gasteiger charge is 2.75. The first kappa shape index (κ1) is 23.9. The van der Waals surface area contributed by atoms with E-state index >= 15 is 0 Å². The molecule has 33 heavy (non-hydrogen) atoms. The zero-order valence-corrected chi connectivity index (χ0v) is 22.6. The Kier molecular flexibility index (Phi) is 5.70. The van der Waals surface area contributed by atoms with Crippen LogP contribution in [-0.2, 0) is 9.53 Å². The molecule has 4 fully saturated rings. The van der Waals surface area contributed by atoms with Crippen molar-refractivity contribution in [2.45, 2.75) is 125 Å². The van der Waals surface area contributed by atoms with Gasteiger partial charge in [-0.3, -0.25) is 4.79 Å². The molecule has 5 aliphatic rings. The van der Waals surface area contributed by atoms with Crippen LogP contribution in [0.15, 0.2) is 11.6 Å². The highest BCUT2D eigenvalue weighted by atomic mass is 16.5. The second-order valence-corrected chi connectivity index (χ2v) is 14.2. The SMILES string of the molecule is CC(=O)O[C@H]1CC[C@@]23C[C@@]2(CC[C@@H]2C3=CC[C@]3(C)[C@@H]([C@H](C)CC[C@H](C)C(C)C)CC[C@@]23C)C1. The van der Waals surface area contributed by atoms with Crippen molar-refractivity contribution >= 4 is 5.97 Å². The largest absolute Gasteiger partial charge is 0.463 e. The van der Waals surface area contributed by atoms with Crippen LogP contribution in [0.4, 0.5) is 0 Å². The quantitative estimate of drug-likeness (QED) is 0.298. The summed E-state index contributed by atoms with van der Waals surface area (Å²) in [6.07, 6.45) is 17.5. The van der Waals surface area contributed by atoms with Gasteiger partial charge in [0.05, 0.1) is 0 Å². The molecular weight excluding hydrogens is 404 g/mol. The van der Waals surface area contributed by atoms with Gasteiger partial charge < -0.3 is 4.74 Å². The molecular formula is C31H50O2. The van der Waals surface area contributed by atoms with E-state index in [1.807, 2.05) is 5.57 Å². The minimum Gasteiger partial charge on any atom is -0.463 e. The number of hydrogen-bond acceptors (Lipinski definition) is 2. The Morgan fingerprint density at radius 2 is 1.79 bits per heavy atom. The van der Waals surface area contributed by atoms with Gasteiger partial charge in [0.2, 0.25) is 0 Å². The minimum atomic E-state index is -0.0905. The van der Waals surface area contributed by atoms with Gasteiger partial charge in [-0.25, -0.2) is 0 Å². The van der Waals surface area contributed by atoms with Crippen LogP contribution in [0, 0.1) is 51.2 Å². The van der Waals surface area contributed by atoms with Crippen molar-refractivity contribution in [3.63, 3.8) is 0 Å². The first-order chi connectivity index (χ1) is 15.5. The molecule has 0 heterocycles. The lowest BCUT2D eigenvalue weighted by Crippen LogP contribution is -2.50. The summed E-state index contributed by atoms with van der Waals surface area (Å²) >= 11 is 0. The number of hydrogen-bond donors (Lipinski definition) is 0. The summed E-state index contributed by atoms with van der Waals surface area (Å²) in [6.45, 7) is 16.8. The van der Waals surface area contributed by atoms with E-state index in [4.69, 9.17) is 4.74 Å². The lowest BCUT2D eigenvalue weighted by atomic mass is 9.47. The molecule has 0 N–H and O–H groups in total. The van der Waals surface area contributed by atoms with Gasteiger partial charge in [0.15, 0.2) is 0 Å². The number of rotatable bonds is 6. The monoisotopic (exact) mass is 454 g/mol. The van der Waals surface area contributed by atoms with Gasteiger partial charge in [-0.2, -0.15) is 0 Å². The van der Waals surface area contributed by atoms with E-state index in [0.29, 0.717) is 21.7 Å². The van der Waals surface area contributed by atoms with Crippen molar-refractivity contribution in [3.05, 3.63) is 11.6 Å². The van der Waals surface area contributed by atoms with Crippen molar-refractivity contribution < 1.29 is 9.53 Å². The van der Waals surface area contributed by atoms with Crippen molar-refractivity contribution in [1.29, 1.82) is 0 Å². The molecule has 0 aliphatic heterocycles.